The number of nitrogens with zero attached hydrogens (tertiary/aromatic N) is 2. The molecule has 4 rings (SSSR count). The number of fused-ring (bicyclic) bond motifs is 1. The number of benzene rings is 2. The first kappa shape index (κ1) is 16.1. The molecule has 0 bridgehead atoms. The lowest BCUT2D eigenvalue weighted by molar-refractivity contribution is -0.0212. The van der Waals surface area contributed by atoms with Crippen LogP contribution in [0.25, 0.3) is 10.9 Å². The SMILES string of the molecule is O=C(c1n[nH]c2ccccc12)N1CCC(O)(c2ccc(Cl)cc2)CC1. The van der Waals surface area contributed by atoms with E-state index in [1.54, 1.807) is 17.0 Å². The second kappa shape index (κ2) is 6.17. The van der Waals surface area contributed by atoms with Gasteiger partial charge in [0.2, 0.25) is 0 Å². The van der Waals surface area contributed by atoms with E-state index < -0.39 is 5.60 Å². The van der Waals surface area contributed by atoms with Crippen LogP contribution in [0.1, 0.15) is 28.9 Å². The zero-order valence-corrected chi connectivity index (χ0v) is 14.3. The zero-order chi connectivity index (χ0) is 17.4. The highest BCUT2D eigenvalue weighted by Crippen LogP contribution is 2.34. The highest BCUT2D eigenvalue weighted by atomic mass is 35.5. The second-order valence-electron chi connectivity index (χ2n) is 6.45. The Morgan fingerprint density at radius 3 is 2.52 bits per heavy atom. The van der Waals surface area contributed by atoms with Gasteiger partial charge in [0.1, 0.15) is 0 Å². The molecule has 0 aliphatic carbocycles. The van der Waals surface area contributed by atoms with Crippen LogP contribution in [-0.2, 0) is 5.60 Å². The number of H-pyrrole nitrogens is 1. The summed E-state index contributed by atoms with van der Waals surface area (Å²) in [6, 6.07) is 14.8. The zero-order valence-electron chi connectivity index (χ0n) is 13.6. The third-order valence-corrected chi connectivity index (χ3v) is 5.18. The van der Waals surface area contributed by atoms with Gasteiger partial charge in [0.25, 0.3) is 5.91 Å². The lowest BCUT2D eigenvalue weighted by atomic mass is 9.84. The number of carbonyl (C=O) groups excluding carboxylic acids is 1. The molecule has 0 unspecified atom stereocenters. The summed E-state index contributed by atoms with van der Waals surface area (Å²) in [5, 5.41) is 19.5. The quantitative estimate of drug-likeness (QED) is 0.740. The highest BCUT2D eigenvalue weighted by molar-refractivity contribution is 6.30. The number of halogens is 1. The van der Waals surface area contributed by atoms with Crippen molar-refractivity contribution >= 4 is 28.4 Å². The number of aromatic amines is 1. The van der Waals surface area contributed by atoms with E-state index in [4.69, 9.17) is 11.6 Å². The Kier molecular flexibility index (Phi) is 3.98. The standard InChI is InChI=1S/C19H18ClN3O2/c20-14-7-5-13(6-8-14)19(25)9-11-23(12-10-19)18(24)17-15-3-1-2-4-16(15)21-22-17/h1-8,25H,9-12H2,(H,21,22). The van der Waals surface area contributed by atoms with Gasteiger partial charge in [-0.05, 0) is 36.6 Å². The highest BCUT2D eigenvalue weighted by Gasteiger charge is 2.36. The van der Waals surface area contributed by atoms with Crippen LogP contribution in [0.15, 0.2) is 48.5 Å². The van der Waals surface area contributed by atoms with E-state index in [-0.39, 0.29) is 5.91 Å². The summed E-state index contributed by atoms with van der Waals surface area (Å²) in [5.74, 6) is -0.101. The minimum absolute atomic E-state index is 0.101. The van der Waals surface area contributed by atoms with Gasteiger partial charge in [0, 0.05) is 23.5 Å². The molecular weight excluding hydrogens is 338 g/mol. The van der Waals surface area contributed by atoms with E-state index in [1.807, 2.05) is 36.4 Å². The molecule has 1 saturated heterocycles. The predicted octanol–water partition coefficient (Wildman–Crippen LogP) is 3.34. The summed E-state index contributed by atoms with van der Waals surface area (Å²) in [7, 11) is 0. The van der Waals surface area contributed by atoms with E-state index in [2.05, 4.69) is 10.2 Å². The second-order valence-corrected chi connectivity index (χ2v) is 6.88. The van der Waals surface area contributed by atoms with Gasteiger partial charge < -0.3 is 10.0 Å². The lowest BCUT2D eigenvalue weighted by Gasteiger charge is -2.38. The van der Waals surface area contributed by atoms with Gasteiger partial charge in [0.05, 0.1) is 11.1 Å². The Labute approximate surface area is 150 Å². The molecule has 1 fully saturated rings. The van der Waals surface area contributed by atoms with Crippen molar-refractivity contribution in [1.29, 1.82) is 0 Å². The molecule has 0 spiro atoms. The summed E-state index contributed by atoms with van der Waals surface area (Å²) in [4.78, 5) is 14.6. The predicted molar refractivity (Wildman–Crippen MR) is 96.6 cm³/mol. The van der Waals surface area contributed by atoms with Crippen LogP contribution >= 0.6 is 11.6 Å². The Morgan fingerprint density at radius 1 is 1.12 bits per heavy atom. The number of para-hydroxylation sites is 1. The molecule has 2 aromatic carbocycles. The number of aliphatic hydroxyl groups is 1. The van der Waals surface area contributed by atoms with Crippen LogP contribution in [0.5, 0.6) is 0 Å². The summed E-state index contributed by atoms with van der Waals surface area (Å²) < 4.78 is 0. The number of hydrogen-bond acceptors (Lipinski definition) is 3. The van der Waals surface area contributed by atoms with Crippen LogP contribution in [0.2, 0.25) is 5.02 Å². The van der Waals surface area contributed by atoms with Gasteiger partial charge in [-0.25, -0.2) is 0 Å². The molecule has 5 nitrogen and oxygen atoms in total. The van der Waals surface area contributed by atoms with Gasteiger partial charge in [-0.15, -0.1) is 0 Å². The number of aromatic nitrogens is 2. The Morgan fingerprint density at radius 2 is 1.80 bits per heavy atom. The van der Waals surface area contributed by atoms with Gasteiger partial charge in [-0.1, -0.05) is 41.9 Å². The number of likely N-dealkylation sites (tertiary alicyclic amines) is 1. The number of piperidine rings is 1. The van der Waals surface area contributed by atoms with E-state index in [1.165, 1.54) is 0 Å². The number of amides is 1. The van der Waals surface area contributed by atoms with Gasteiger partial charge in [-0.2, -0.15) is 5.10 Å². The maximum absolute atomic E-state index is 12.8. The molecule has 1 aliphatic heterocycles. The van der Waals surface area contributed by atoms with Crippen molar-refractivity contribution in [3.63, 3.8) is 0 Å². The van der Waals surface area contributed by atoms with Crippen LogP contribution < -0.4 is 0 Å². The van der Waals surface area contributed by atoms with E-state index in [9.17, 15) is 9.90 Å². The monoisotopic (exact) mass is 355 g/mol. The normalized spacial score (nSPS) is 17.0. The largest absolute Gasteiger partial charge is 0.385 e. The maximum Gasteiger partial charge on any atom is 0.274 e. The summed E-state index contributed by atoms with van der Waals surface area (Å²) in [6.45, 7) is 0.971. The molecule has 0 atom stereocenters. The minimum Gasteiger partial charge on any atom is -0.385 e. The topological polar surface area (TPSA) is 69.2 Å². The third kappa shape index (κ3) is 2.90. The van der Waals surface area contributed by atoms with Crippen molar-refractivity contribution in [3.05, 3.63) is 64.8 Å². The molecule has 6 heteroatoms. The molecule has 3 aromatic rings. The summed E-state index contributed by atoms with van der Waals surface area (Å²) >= 11 is 5.92. The van der Waals surface area contributed by atoms with Crippen LogP contribution in [0.3, 0.4) is 0 Å². The molecular formula is C19H18ClN3O2. The number of carbonyl (C=O) groups is 1. The van der Waals surface area contributed by atoms with Crippen LogP contribution in [0.4, 0.5) is 0 Å². The molecule has 0 radical (unpaired) electrons. The fourth-order valence-corrected chi connectivity index (χ4v) is 3.53. The number of nitrogens with one attached hydrogen (secondary N) is 1. The fourth-order valence-electron chi connectivity index (χ4n) is 3.40. The smallest absolute Gasteiger partial charge is 0.274 e. The fraction of sp³-hybridized carbons (Fsp3) is 0.263. The molecule has 1 aromatic heterocycles. The van der Waals surface area contributed by atoms with Crippen LogP contribution in [0, 0.1) is 0 Å². The van der Waals surface area contributed by atoms with Crippen molar-refractivity contribution in [1.82, 2.24) is 15.1 Å². The molecule has 25 heavy (non-hydrogen) atoms. The molecule has 0 saturated carbocycles. The van der Waals surface area contributed by atoms with Crippen molar-refractivity contribution < 1.29 is 9.90 Å². The van der Waals surface area contributed by atoms with Crippen molar-refractivity contribution in [3.8, 4) is 0 Å². The van der Waals surface area contributed by atoms with Gasteiger partial charge >= 0.3 is 0 Å². The Bertz CT molecular complexity index is 912. The Balaban J connectivity index is 1.51. The summed E-state index contributed by atoms with van der Waals surface area (Å²) in [6.07, 6.45) is 0.978. The van der Waals surface area contributed by atoms with Gasteiger partial charge in [0.15, 0.2) is 5.69 Å². The average Bonchev–Trinajstić information content (AvgIpc) is 3.06. The first-order valence-corrected chi connectivity index (χ1v) is 8.65. The number of rotatable bonds is 2. The molecule has 1 amide bonds. The first-order chi connectivity index (χ1) is 12.1. The number of hydrogen-bond donors (Lipinski definition) is 2. The minimum atomic E-state index is -0.922. The van der Waals surface area contributed by atoms with E-state index >= 15 is 0 Å². The van der Waals surface area contributed by atoms with E-state index in [0.29, 0.717) is 36.6 Å². The Hall–Kier alpha value is -2.37. The van der Waals surface area contributed by atoms with Crippen molar-refractivity contribution in [2.24, 2.45) is 0 Å². The van der Waals surface area contributed by atoms with Gasteiger partial charge in [-0.3, -0.25) is 9.89 Å². The third-order valence-electron chi connectivity index (χ3n) is 4.93. The van der Waals surface area contributed by atoms with Crippen molar-refractivity contribution in [2.45, 2.75) is 18.4 Å². The molecule has 1 aliphatic rings. The van der Waals surface area contributed by atoms with Crippen LogP contribution in [-0.4, -0.2) is 39.2 Å². The van der Waals surface area contributed by atoms with Crippen molar-refractivity contribution in [2.75, 3.05) is 13.1 Å². The first-order valence-electron chi connectivity index (χ1n) is 8.28. The van der Waals surface area contributed by atoms with E-state index in [0.717, 1.165) is 16.5 Å². The lowest BCUT2D eigenvalue weighted by Crippen LogP contribution is -2.45. The average molecular weight is 356 g/mol. The molecule has 128 valence electrons. The maximum atomic E-state index is 12.8. The molecule has 2 N–H and O–H groups in total. The molecule has 2 heterocycles. The summed E-state index contributed by atoms with van der Waals surface area (Å²) in [5.41, 5.74) is 1.21.